The fourth-order valence-electron chi connectivity index (χ4n) is 3.69. The lowest BCUT2D eigenvalue weighted by molar-refractivity contribution is -0.137. The van der Waals surface area contributed by atoms with E-state index in [9.17, 15) is 9.18 Å². The summed E-state index contributed by atoms with van der Waals surface area (Å²) in [6, 6.07) is 19.1. The Kier molecular flexibility index (Phi) is 7.27. The Hall–Kier alpha value is -4.07. The molecule has 0 saturated heterocycles. The van der Waals surface area contributed by atoms with Crippen molar-refractivity contribution in [2.24, 2.45) is 5.16 Å². The van der Waals surface area contributed by atoms with Crippen molar-refractivity contribution in [2.45, 2.75) is 18.9 Å². The molecule has 1 N–H and O–H groups in total. The highest BCUT2D eigenvalue weighted by atomic mass is 19.1. The molecule has 0 fully saturated rings. The Morgan fingerprint density at radius 1 is 1.09 bits per heavy atom. The van der Waals surface area contributed by atoms with Gasteiger partial charge in [0.1, 0.15) is 49.1 Å². The molecule has 1 heterocycles. The summed E-state index contributed by atoms with van der Waals surface area (Å²) in [7, 11) is 1.40. The molecular formula is C26H24FNO6. The fourth-order valence-corrected chi connectivity index (χ4v) is 3.69. The van der Waals surface area contributed by atoms with Gasteiger partial charge in [-0.25, -0.2) is 4.39 Å². The van der Waals surface area contributed by atoms with E-state index in [2.05, 4.69) is 5.16 Å². The number of halogens is 1. The van der Waals surface area contributed by atoms with Gasteiger partial charge < -0.3 is 24.2 Å². The lowest BCUT2D eigenvalue weighted by Gasteiger charge is -2.11. The molecule has 0 saturated carbocycles. The van der Waals surface area contributed by atoms with Crippen molar-refractivity contribution >= 4 is 11.7 Å². The summed E-state index contributed by atoms with van der Waals surface area (Å²) in [4.78, 5) is 15.8. The first-order valence-electron chi connectivity index (χ1n) is 10.7. The minimum atomic E-state index is -0.844. The molecule has 0 amide bonds. The average molecular weight is 465 g/mol. The molecule has 4 rings (SSSR count). The predicted octanol–water partition coefficient (Wildman–Crippen LogP) is 4.78. The molecule has 0 radical (unpaired) electrons. The van der Waals surface area contributed by atoms with Crippen LogP contribution in [0.5, 0.6) is 17.2 Å². The van der Waals surface area contributed by atoms with Gasteiger partial charge in [-0.2, -0.15) is 0 Å². The summed E-state index contributed by atoms with van der Waals surface area (Å²) < 4.78 is 31.3. The highest BCUT2D eigenvalue weighted by Gasteiger charge is 2.26. The van der Waals surface area contributed by atoms with Crippen LogP contribution in [-0.4, -0.2) is 37.1 Å². The van der Waals surface area contributed by atoms with E-state index >= 15 is 0 Å². The van der Waals surface area contributed by atoms with Gasteiger partial charge in [-0.05, 0) is 35.9 Å². The monoisotopic (exact) mass is 465 g/mol. The Balaban J connectivity index is 1.32. The summed E-state index contributed by atoms with van der Waals surface area (Å²) in [5.41, 5.74) is 2.49. The highest BCUT2D eigenvalue weighted by Crippen LogP contribution is 2.38. The van der Waals surface area contributed by atoms with Crippen molar-refractivity contribution in [3.05, 3.63) is 89.2 Å². The molecular weight excluding hydrogens is 441 g/mol. The second-order valence-corrected chi connectivity index (χ2v) is 7.73. The number of hydrogen-bond acceptors (Lipinski definition) is 6. The third kappa shape index (κ3) is 5.64. The van der Waals surface area contributed by atoms with Crippen LogP contribution < -0.4 is 14.2 Å². The van der Waals surface area contributed by atoms with Crippen LogP contribution >= 0.6 is 0 Å². The summed E-state index contributed by atoms with van der Waals surface area (Å²) in [6.45, 7) is 0.742. The van der Waals surface area contributed by atoms with Gasteiger partial charge in [-0.3, -0.25) is 4.79 Å². The van der Waals surface area contributed by atoms with E-state index in [0.29, 0.717) is 41.7 Å². The summed E-state index contributed by atoms with van der Waals surface area (Å²) in [5.74, 6) is 0.518. The molecule has 8 heteroatoms. The van der Waals surface area contributed by atoms with Crippen LogP contribution in [0.2, 0.25) is 0 Å². The number of nitrogens with zero attached hydrogens (tertiary/aromatic N) is 1. The Morgan fingerprint density at radius 3 is 2.59 bits per heavy atom. The van der Waals surface area contributed by atoms with Crippen LogP contribution in [0.1, 0.15) is 29.0 Å². The number of carbonyl (C=O) groups is 1. The van der Waals surface area contributed by atoms with Crippen molar-refractivity contribution in [1.82, 2.24) is 0 Å². The lowest BCUT2D eigenvalue weighted by atomic mass is 9.98. The number of ether oxygens (including phenoxy) is 3. The maximum atomic E-state index is 14.1. The van der Waals surface area contributed by atoms with Gasteiger partial charge in [0.15, 0.2) is 0 Å². The van der Waals surface area contributed by atoms with Gasteiger partial charge in [0.25, 0.3) is 0 Å². The molecule has 1 unspecified atom stereocenters. The summed E-state index contributed by atoms with van der Waals surface area (Å²) >= 11 is 0. The van der Waals surface area contributed by atoms with Gasteiger partial charge in [0, 0.05) is 23.1 Å². The molecule has 1 aliphatic rings. The van der Waals surface area contributed by atoms with E-state index in [1.807, 2.05) is 24.3 Å². The number of rotatable bonds is 10. The van der Waals surface area contributed by atoms with E-state index in [4.69, 9.17) is 24.2 Å². The summed E-state index contributed by atoms with van der Waals surface area (Å²) in [5, 5.41) is 12.9. The summed E-state index contributed by atoms with van der Waals surface area (Å²) in [6.07, 6.45) is 0.0424. The van der Waals surface area contributed by atoms with E-state index < -0.39 is 11.8 Å². The van der Waals surface area contributed by atoms with Crippen molar-refractivity contribution in [3.63, 3.8) is 0 Å². The average Bonchev–Trinajstić information content (AvgIpc) is 3.23. The molecule has 7 nitrogen and oxygen atoms in total. The quantitative estimate of drug-likeness (QED) is 0.342. The molecule has 0 bridgehead atoms. The van der Waals surface area contributed by atoms with E-state index in [0.717, 1.165) is 11.1 Å². The second kappa shape index (κ2) is 10.7. The van der Waals surface area contributed by atoms with Crippen LogP contribution in [0.4, 0.5) is 4.39 Å². The van der Waals surface area contributed by atoms with Crippen LogP contribution in [0.15, 0.2) is 71.9 Å². The largest absolute Gasteiger partial charge is 0.492 e. The number of benzene rings is 3. The van der Waals surface area contributed by atoms with Crippen LogP contribution in [0, 0.1) is 5.82 Å². The maximum absolute atomic E-state index is 14.1. The van der Waals surface area contributed by atoms with E-state index in [-0.39, 0.29) is 18.9 Å². The number of aliphatic carboxylic acids is 1. The maximum Gasteiger partial charge on any atom is 0.304 e. The zero-order valence-electron chi connectivity index (χ0n) is 18.6. The van der Waals surface area contributed by atoms with Gasteiger partial charge in [0.05, 0.1) is 13.0 Å². The Labute approximate surface area is 196 Å². The molecule has 0 spiro atoms. The molecule has 1 aliphatic heterocycles. The highest BCUT2D eigenvalue weighted by molar-refractivity contribution is 6.01. The topological polar surface area (TPSA) is 86.6 Å². The molecule has 34 heavy (non-hydrogen) atoms. The van der Waals surface area contributed by atoms with Crippen LogP contribution in [0.3, 0.4) is 0 Å². The second-order valence-electron chi connectivity index (χ2n) is 7.73. The molecule has 0 aliphatic carbocycles. The van der Waals surface area contributed by atoms with Crippen LogP contribution in [0.25, 0.3) is 0 Å². The lowest BCUT2D eigenvalue weighted by Crippen LogP contribution is -2.15. The predicted molar refractivity (Wildman–Crippen MR) is 123 cm³/mol. The number of carboxylic acids is 1. The van der Waals surface area contributed by atoms with Gasteiger partial charge >= 0.3 is 5.97 Å². The van der Waals surface area contributed by atoms with Crippen molar-refractivity contribution < 1.29 is 33.3 Å². The number of hydrogen-bond donors (Lipinski definition) is 1. The number of oxime groups is 1. The van der Waals surface area contributed by atoms with Gasteiger partial charge in [-0.1, -0.05) is 35.5 Å². The molecule has 3 aromatic carbocycles. The molecule has 176 valence electrons. The van der Waals surface area contributed by atoms with Gasteiger partial charge in [-0.15, -0.1) is 0 Å². The zero-order chi connectivity index (χ0) is 23.9. The smallest absolute Gasteiger partial charge is 0.304 e. The first kappa shape index (κ1) is 23.1. The third-order valence-electron chi connectivity index (χ3n) is 5.38. The van der Waals surface area contributed by atoms with Gasteiger partial charge in [0.2, 0.25) is 0 Å². The van der Waals surface area contributed by atoms with E-state index in [1.54, 1.807) is 36.4 Å². The first-order valence-corrected chi connectivity index (χ1v) is 10.7. The zero-order valence-corrected chi connectivity index (χ0v) is 18.6. The Morgan fingerprint density at radius 2 is 1.85 bits per heavy atom. The van der Waals surface area contributed by atoms with Crippen LogP contribution in [-0.2, 0) is 16.2 Å². The molecule has 0 aromatic heterocycles. The molecule has 3 aromatic rings. The third-order valence-corrected chi connectivity index (χ3v) is 5.38. The SMILES string of the molecule is CON=C(COc1ccc(COc2ccc3c(c2)OCC3CC(=O)O)cc1)c1ccccc1F. The Bertz CT molecular complexity index is 1180. The minimum absolute atomic E-state index is 0.0424. The normalized spacial score (nSPS) is 14.8. The molecule has 1 atom stereocenters. The number of fused-ring (bicyclic) bond motifs is 1. The fraction of sp³-hybridized carbons (Fsp3) is 0.231. The van der Waals surface area contributed by atoms with Crippen molar-refractivity contribution in [3.8, 4) is 17.2 Å². The minimum Gasteiger partial charge on any atom is -0.492 e. The van der Waals surface area contributed by atoms with Crippen molar-refractivity contribution in [1.29, 1.82) is 0 Å². The number of carboxylic acid groups (broad SMARTS) is 1. The standard InChI is InChI=1S/C26H24FNO6/c1-31-28-24(22-4-2-3-5-23(22)27)16-33-19-8-6-17(7-9-19)14-32-20-10-11-21-18(12-26(29)30)15-34-25(21)13-20/h2-11,13,18H,12,14-16H2,1H3,(H,29,30). The van der Waals surface area contributed by atoms with Crippen molar-refractivity contribution in [2.75, 3.05) is 20.3 Å². The first-order chi connectivity index (χ1) is 16.5. The van der Waals surface area contributed by atoms with E-state index in [1.165, 1.54) is 13.2 Å².